The Balaban J connectivity index is 2.64. The van der Waals surface area contributed by atoms with Gasteiger partial charge < -0.3 is 5.32 Å². The van der Waals surface area contributed by atoms with Crippen LogP contribution in [0.1, 0.15) is 18.9 Å². The van der Waals surface area contributed by atoms with Crippen molar-refractivity contribution in [3.05, 3.63) is 39.7 Å². The maximum atomic E-state index is 13.0. The van der Waals surface area contributed by atoms with Gasteiger partial charge >= 0.3 is 0 Å². The van der Waals surface area contributed by atoms with E-state index in [0.29, 0.717) is 18.5 Å². The molecule has 90 valence electrons. The van der Waals surface area contributed by atoms with Crippen LogP contribution < -0.4 is 5.32 Å². The zero-order valence-corrected chi connectivity index (χ0v) is 9.50. The Labute approximate surface area is 99.0 Å². The van der Waals surface area contributed by atoms with Crippen molar-refractivity contribution in [3.63, 3.8) is 0 Å². The highest BCUT2D eigenvalue weighted by atomic mass is 19.1. The SMILES string of the molecule is CC#CCCNCc1cc(F)ccc1[N+](=O)[O-]. The minimum absolute atomic E-state index is 0.0690. The lowest BCUT2D eigenvalue weighted by Crippen LogP contribution is -2.15. The van der Waals surface area contributed by atoms with E-state index in [-0.39, 0.29) is 12.2 Å². The molecule has 5 heteroatoms. The van der Waals surface area contributed by atoms with Gasteiger partial charge in [0, 0.05) is 31.1 Å². The monoisotopic (exact) mass is 236 g/mol. The number of hydrogen-bond donors (Lipinski definition) is 1. The first-order valence-corrected chi connectivity index (χ1v) is 5.18. The van der Waals surface area contributed by atoms with E-state index in [2.05, 4.69) is 17.2 Å². The Kier molecular flexibility index (Phi) is 5.11. The highest BCUT2D eigenvalue weighted by Gasteiger charge is 2.13. The summed E-state index contributed by atoms with van der Waals surface area (Å²) in [6.07, 6.45) is 0.666. The number of halogens is 1. The molecule has 0 aliphatic rings. The smallest absolute Gasteiger partial charge is 0.274 e. The molecule has 1 rings (SSSR count). The minimum Gasteiger partial charge on any atom is -0.311 e. The largest absolute Gasteiger partial charge is 0.311 e. The quantitative estimate of drug-likeness (QED) is 0.369. The second kappa shape index (κ2) is 6.61. The molecule has 0 radical (unpaired) electrons. The fourth-order valence-electron chi connectivity index (χ4n) is 1.37. The first-order valence-electron chi connectivity index (χ1n) is 5.18. The molecule has 0 unspecified atom stereocenters. The molecule has 0 fully saturated rings. The molecule has 0 aliphatic heterocycles. The van der Waals surface area contributed by atoms with Crippen molar-refractivity contribution in [1.82, 2.24) is 5.32 Å². The summed E-state index contributed by atoms with van der Waals surface area (Å²) in [5, 5.41) is 13.7. The molecule has 0 bridgehead atoms. The zero-order valence-electron chi connectivity index (χ0n) is 9.50. The maximum Gasteiger partial charge on any atom is 0.274 e. The van der Waals surface area contributed by atoms with Gasteiger partial charge in [0.1, 0.15) is 5.82 Å². The van der Waals surface area contributed by atoms with Crippen molar-refractivity contribution in [2.75, 3.05) is 6.54 Å². The van der Waals surface area contributed by atoms with Gasteiger partial charge in [-0.15, -0.1) is 11.8 Å². The molecule has 0 atom stereocenters. The standard InChI is InChI=1S/C12H13FN2O2/c1-2-3-4-7-14-9-10-8-11(13)5-6-12(10)15(16)17/h5-6,8,14H,4,7,9H2,1H3. The van der Waals surface area contributed by atoms with Crippen LogP contribution in [0.15, 0.2) is 18.2 Å². The van der Waals surface area contributed by atoms with Gasteiger partial charge in [-0.2, -0.15) is 0 Å². The Morgan fingerprint density at radius 1 is 1.53 bits per heavy atom. The lowest BCUT2D eigenvalue weighted by Gasteiger charge is -2.04. The van der Waals surface area contributed by atoms with Gasteiger partial charge in [-0.25, -0.2) is 4.39 Å². The van der Waals surface area contributed by atoms with Gasteiger partial charge in [0.15, 0.2) is 0 Å². The van der Waals surface area contributed by atoms with Crippen LogP contribution in [0.2, 0.25) is 0 Å². The molecule has 0 aromatic heterocycles. The second-order valence-corrected chi connectivity index (χ2v) is 3.38. The van der Waals surface area contributed by atoms with Crippen LogP contribution in [0.5, 0.6) is 0 Å². The van der Waals surface area contributed by atoms with E-state index in [1.165, 1.54) is 12.1 Å². The van der Waals surface area contributed by atoms with Crippen molar-refractivity contribution < 1.29 is 9.31 Å². The molecule has 0 amide bonds. The number of nitro groups is 1. The molecule has 1 aromatic carbocycles. The lowest BCUT2D eigenvalue weighted by atomic mass is 10.1. The summed E-state index contributed by atoms with van der Waals surface area (Å²) in [7, 11) is 0. The fraction of sp³-hybridized carbons (Fsp3) is 0.333. The first-order chi connectivity index (χ1) is 8.15. The van der Waals surface area contributed by atoms with E-state index in [0.717, 1.165) is 6.07 Å². The summed E-state index contributed by atoms with van der Waals surface area (Å²) in [5.41, 5.74) is 0.278. The van der Waals surface area contributed by atoms with Crippen LogP contribution in [0, 0.1) is 27.8 Å². The van der Waals surface area contributed by atoms with Crippen molar-refractivity contribution in [2.24, 2.45) is 0 Å². The first kappa shape index (κ1) is 13.1. The zero-order chi connectivity index (χ0) is 12.7. The van der Waals surface area contributed by atoms with E-state index in [1.54, 1.807) is 6.92 Å². The van der Waals surface area contributed by atoms with Crippen LogP contribution >= 0.6 is 0 Å². The van der Waals surface area contributed by atoms with Crippen LogP contribution in [0.25, 0.3) is 0 Å². The average Bonchev–Trinajstić information content (AvgIpc) is 2.28. The van der Waals surface area contributed by atoms with Gasteiger partial charge in [0.2, 0.25) is 0 Å². The molecular weight excluding hydrogens is 223 g/mol. The third-order valence-electron chi connectivity index (χ3n) is 2.16. The number of rotatable bonds is 5. The van der Waals surface area contributed by atoms with Gasteiger partial charge in [0.05, 0.1) is 4.92 Å². The van der Waals surface area contributed by atoms with Crippen LogP contribution in [-0.2, 0) is 6.54 Å². The third-order valence-corrected chi connectivity index (χ3v) is 2.16. The molecule has 0 heterocycles. The molecule has 0 spiro atoms. The van der Waals surface area contributed by atoms with Crippen molar-refractivity contribution >= 4 is 5.69 Å². The molecule has 1 N–H and O–H groups in total. The summed E-state index contributed by atoms with van der Waals surface area (Å²) in [6, 6.07) is 3.44. The van der Waals surface area contributed by atoms with Crippen molar-refractivity contribution in [3.8, 4) is 11.8 Å². The summed E-state index contributed by atoms with van der Waals surface area (Å²) >= 11 is 0. The second-order valence-electron chi connectivity index (χ2n) is 3.38. The van der Waals surface area contributed by atoms with Gasteiger partial charge in [-0.3, -0.25) is 10.1 Å². The van der Waals surface area contributed by atoms with Gasteiger partial charge in [-0.05, 0) is 19.1 Å². The highest BCUT2D eigenvalue weighted by Crippen LogP contribution is 2.19. The van der Waals surface area contributed by atoms with E-state index in [1.807, 2.05) is 0 Å². The average molecular weight is 236 g/mol. The molecule has 0 aliphatic carbocycles. The van der Waals surface area contributed by atoms with Crippen LogP contribution in [0.3, 0.4) is 0 Å². The van der Waals surface area contributed by atoms with E-state index in [4.69, 9.17) is 0 Å². The number of nitro benzene ring substituents is 1. The Hall–Kier alpha value is -1.93. The molecule has 1 aromatic rings. The Morgan fingerprint density at radius 3 is 2.94 bits per heavy atom. The van der Waals surface area contributed by atoms with E-state index < -0.39 is 10.7 Å². The number of nitrogens with one attached hydrogen (secondary N) is 1. The molecule has 0 saturated carbocycles. The minimum atomic E-state index is -0.512. The molecule has 17 heavy (non-hydrogen) atoms. The van der Waals surface area contributed by atoms with Gasteiger partial charge in [0.25, 0.3) is 5.69 Å². The molecule has 4 nitrogen and oxygen atoms in total. The predicted molar refractivity (Wildman–Crippen MR) is 62.8 cm³/mol. The Morgan fingerprint density at radius 2 is 2.29 bits per heavy atom. The van der Waals surface area contributed by atoms with Crippen molar-refractivity contribution in [2.45, 2.75) is 19.9 Å². The van der Waals surface area contributed by atoms with Crippen molar-refractivity contribution in [1.29, 1.82) is 0 Å². The molecule has 0 saturated heterocycles. The number of hydrogen-bond acceptors (Lipinski definition) is 3. The lowest BCUT2D eigenvalue weighted by molar-refractivity contribution is -0.385. The van der Waals surface area contributed by atoms with Gasteiger partial charge in [-0.1, -0.05) is 0 Å². The highest BCUT2D eigenvalue weighted by molar-refractivity contribution is 5.40. The summed E-state index contributed by atoms with van der Waals surface area (Å²) in [5.74, 6) is 5.14. The van der Waals surface area contributed by atoms with Crippen LogP contribution in [0.4, 0.5) is 10.1 Å². The number of benzene rings is 1. The predicted octanol–water partition coefficient (Wildman–Crippen LogP) is 2.24. The molecular formula is C12H13FN2O2. The summed E-state index contributed by atoms with van der Waals surface area (Å²) in [6.45, 7) is 2.63. The maximum absolute atomic E-state index is 13.0. The normalized spacial score (nSPS) is 9.53. The summed E-state index contributed by atoms with van der Waals surface area (Å²) < 4.78 is 13.0. The Bertz CT molecular complexity index is 463. The fourth-order valence-corrected chi connectivity index (χ4v) is 1.37. The van der Waals surface area contributed by atoms with Crippen LogP contribution in [-0.4, -0.2) is 11.5 Å². The number of nitrogens with zero attached hydrogens (tertiary/aromatic N) is 1. The van der Waals surface area contributed by atoms with E-state index in [9.17, 15) is 14.5 Å². The third kappa shape index (κ3) is 4.21. The summed E-state index contributed by atoms with van der Waals surface area (Å²) in [4.78, 5) is 10.2. The van der Waals surface area contributed by atoms with E-state index >= 15 is 0 Å². The topological polar surface area (TPSA) is 55.2 Å².